The molecule has 112 valence electrons. The fraction of sp³-hybridized carbons (Fsp3) is 0.500. The molecule has 0 spiro atoms. The second-order valence-corrected chi connectivity index (χ2v) is 2.62. The van der Waals surface area contributed by atoms with Gasteiger partial charge in [-0.1, -0.05) is 0 Å². The molecule has 6 N–H and O–H groups in total. The van der Waals surface area contributed by atoms with Gasteiger partial charge < -0.3 is 41.9 Å². The molecule has 0 aliphatic rings. The van der Waals surface area contributed by atoms with E-state index >= 15 is 0 Å². The number of aliphatic carboxylic acids is 2. The first-order valence-electron chi connectivity index (χ1n) is 4.57. The van der Waals surface area contributed by atoms with E-state index in [0.717, 1.165) is 0 Å². The van der Waals surface area contributed by atoms with Crippen molar-refractivity contribution in [2.75, 3.05) is 26.2 Å². The third kappa shape index (κ3) is 22.0. The summed E-state index contributed by atoms with van der Waals surface area (Å²) in [5, 5.41) is 22.1. The van der Waals surface area contributed by atoms with Gasteiger partial charge in [0.05, 0.1) is 11.8 Å². The first-order chi connectivity index (χ1) is 8.33. The number of amides is 2. The molecule has 0 bridgehead atoms. The summed E-state index contributed by atoms with van der Waals surface area (Å²) in [6.45, 7) is -1.44. The predicted molar refractivity (Wildman–Crippen MR) is 59.8 cm³/mol. The summed E-state index contributed by atoms with van der Waals surface area (Å²) >= 11 is 0. The standard InChI is InChI=1S/2C4H8N2O3.Ni/c2*5-1-3(7)6-2-4(8)9;/h2*1-2,5H2,(H2,6,7,8,9);/q;;+2/p-2. The Morgan fingerprint density at radius 1 is 0.789 bits per heavy atom. The molecule has 0 saturated heterocycles. The summed E-state index contributed by atoms with van der Waals surface area (Å²) in [4.78, 5) is 39.8. The van der Waals surface area contributed by atoms with Crippen LogP contribution >= 0.6 is 0 Å². The van der Waals surface area contributed by atoms with Crippen molar-refractivity contribution in [3.63, 3.8) is 0 Å². The monoisotopic (exact) mass is 320 g/mol. The Balaban J connectivity index is -0.000000256. The van der Waals surface area contributed by atoms with Gasteiger partial charge in [-0.3, -0.25) is 9.59 Å². The molecule has 19 heavy (non-hydrogen) atoms. The second-order valence-electron chi connectivity index (χ2n) is 2.62. The topological polar surface area (TPSA) is 189 Å². The molecule has 0 aromatic rings. The maximum absolute atomic E-state index is 10.2. The first-order valence-corrected chi connectivity index (χ1v) is 4.57. The van der Waals surface area contributed by atoms with Crippen molar-refractivity contribution >= 4 is 23.8 Å². The van der Waals surface area contributed by atoms with Crippen LogP contribution in [-0.4, -0.2) is 60.1 Å². The van der Waals surface area contributed by atoms with Gasteiger partial charge in [0.1, 0.15) is 0 Å². The molecule has 2 amide bonds. The van der Waals surface area contributed by atoms with Crippen molar-refractivity contribution < 1.29 is 45.9 Å². The Labute approximate surface area is 118 Å². The number of carbonyl (C=O) groups is 4. The molecule has 0 aliphatic carbocycles. The third-order valence-electron chi connectivity index (χ3n) is 1.13. The molecule has 0 fully saturated rings. The zero-order valence-electron chi connectivity index (χ0n) is 9.72. The maximum atomic E-state index is 10.2. The number of rotatable bonds is 6. The van der Waals surface area contributed by atoms with E-state index in [1.807, 2.05) is 0 Å². The number of hydrogen-bond donors (Lipinski definition) is 4. The van der Waals surface area contributed by atoms with E-state index in [1.54, 1.807) is 0 Å². The zero-order valence-corrected chi connectivity index (χ0v) is 10.7. The van der Waals surface area contributed by atoms with Crippen molar-refractivity contribution in [3.05, 3.63) is 10.6 Å². The summed E-state index contributed by atoms with van der Waals surface area (Å²) in [7, 11) is 0. The predicted octanol–water partition coefficient (Wildman–Crippen LogP) is -2.14. The number of hydrogen-bond acceptors (Lipinski definition) is 6. The van der Waals surface area contributed by atoms with Gasteiger partial charge >= 0.3 is 16.5 Å². The number of carboxylic acid groups (broad SMARTS) is 2. The van der Waals surface area contributed by atoms with Crippen LogP contribution in [0.3, 0.4) is 0 Å². The SMILES string of the molecule is NCC(=O)[N-]CC(=O)O.NCC(=O)[N-]CC(=O)O.[Ni+2]. The van der Waals surface area contributed by atoms with Crippen molar-refractivity contribution in [2.45, 2.75) is 0 Å². The molecular formula is C8H14N4NiO6. The summed E-state index contributed by atoms with van der Waals surface area (Å²) in [6, 6.07) is 0. The van der Waals surface area contributed by atoms with Crippen LogP contribution in [-0.2, 0) is 35.7 Å². The van der Waals surface area contributed by atoms with Crippen LogP contribution < -0.4 is 11.5 Å². The summed E-state index contributed by atoms with van der Waals surface area (Å²) in [6.07, 6.45) is 0. The fourth-order valence-electron chi connectivity index (χ4n) is 0.441. The molecule has 0 aromatic heterocycles. The molecule has 0 radical (unpaired) electrons. The van der Waals surface area contributed by atoms with E-state index in [2.05, 4.69) is 10.6 Å². The van der Waals surface area contributed by atoms with Crippen LogP contribution in [0.2, 0.25) is 0 Å². The van der Waals surface area contributed by atoms with Gasteiger partial charge in [0.2, 0.25) is 0 Å². The van der Waals surface area contributed by atoms with Crippen LogP contribution in [0.15, 0.2) is 0 Å². The molecule has 0 aromatic carbocycles. The number of carbonyl (C=O) groups excluding carboxylic acids is 2. The summed E-state index contributed by atoms with van der Waals surface area (Å²) < 4.78 is 0. The maximum Gasteiger partial charge on any atom is 2.00 e. The van der Waals surface area contributed by atoms with E-state index in [0.29, 0.717) is 0 Å². The molecule has 0 atom stereocenters. The van der Waals surface area contributed by atoms with Gasteiger partial charge in [-0.05, 0) is 13.1 Å². The molecule has 11 heteroatoms. The third-order valence-corrected chi connectivity index (χ3v) is 1.13. The quantitative estimate of drug-likeness (QED) is 0.398. The minimum Gasteiger partial charge on any atom is -0.643 e. The molecule has 0 aliphatic heterocycles. The van der Waals surface area contributed by atoms with Gasteiger partial charge in [0.25, 0.3) is 11.9 Å². The van der Waals surface area contributed by atoms with E-state index in [9.17, 15) is 19.2 Å². The van der Waals surface area contributed by atoms with Gasteiger partial charge in [-0.25, -0.2) is 0 Å². The Bertz CT molecular complexity index is 282. The molecule has 0 rings (SSSR count). The average molecular weight is 321 g/mol. The van der Waals surface area contributed by atoms with Gasteiger partial charge in [-0.15, -0.1) is 0 Å². The van der Waals surface area contributed by atoms with Gasteiger partial charge in [0, 0.05) is 13.1 Å². The Morgan fingerprint density at radius 2 is 1.05 bits per heavy atom. The van der Waals surface area contributed by atoms with Gasteiger partial charge in [0.15, 0.2) is 0 Å². The first kappa shape index (κ1) is 22.5. The number of nitrogens with two attached hydrogens (primary N) is 2. The number of nitrogens with zero attached hydrogens (tertiary/aromatic N) is 2. The smallest absolute Gasteiger partial charge is 0.643 e. The van der Waals surface area contributed by atoms with Crippen LogP contribution in [0.4, 0.5) is 0 Å². The largest absolute Gasteiger partial charge is 2.00 e. The molecule has 0 heterocycles. The Morgan fingerprint density at radius 3 is 1.21 bits per heavy atom. The van der Waals surface area contributed by atoms with E-state index in [4.69, 9.17) is 21.7 Å². The molecule has 0 unspecified atom stereocenters. The summed E-state index contributed by atoms with van der Waals surface area (Å²) in [5.41, 5.74) is 9.64. The van der Waals surface area contributed by atoms with E-state index < -0.39 is 36.8 Å². The average Bonchev–Trinajstić information content (AvgIpc) is 2.33. The van der Waals surface area contributed by atoms with Crippen molar-refractivity contribution in [1.29, 1.82) is 0 Å². The summed E-state index contributed by atoms with van der Waals surface area (Å²) in [5.74, 6) is -3.43. The normalized spacial score (nSPS) is 8.11. The molecular weight excluding hydrogens is 307 g/mol. The Hall–Kier alpha value is -1.71. The number of carboxylic acids is 2. The van der Waals surface area contributed by atoms with Crippen molar-refractivity contribution in [1.82, 2.24) is 0 Å². The minimum atomic E-state index is -1.13. The van der Waals surface area contributed by atoms with E-state index in [1.165, 1.54) is 0 Å². The molecule has 0 saturated carbocycles. The van der Waals surface area contributed by atoms with Crippen molar-refractivity contribution in [3.8, 4) is 0 Å². The van der Waals surface area contributed by atoms with Gasteiger partial charge in [-0.2, -0.15) is 0 Å². The van der Waals surface area contributed by atoms with E-state index in [-0.39, 0.29) is 29.6 Å². The Kier molecular flexibility index (Phi) is 17.0. The molecule has 10 nitrogen and oxygen atoms in total. The van der Waals surface area contributed by atoms with Crippen LogP contribution in [0.25, 0.3) is 10.6 Å². The fourth-order valence-corrected chi connectivity index (χ4v) is 0.441. The van der Waals surface area contributed by atoms with Crippen LogP contribution in [0.5, 0.6) is 0 Å². The van der Waals surface area contributed by atoms with Crippen LogP contribution in [0, 0.1) is 0 Å². The second kappa shape index (κ2) is 14.4. The van der Waals surface area contributed by atoms with Crippen LogP contribution in [0.1, 0.15) is 0 Å². The minimum absolute atomic E-state index is 0. The van der Waals surface area contributed by atoms with Crippen molar-refractivity contribution in [2.24, 2.45) is 11.5 Å². The zero-order chi connectivity index (χ0) is 14.6.